The van der Waals surface area contributed by atoms with Crippen molar-refractivity contribution < 1.29 is 22.1 Å². The zero-order chi connectivity index (χ0) is 15.0. The second-order valence-electron chi connectivity index (χ2n) is 4.15. The fourth-order valence-electron chi connectivity index (χ4n) is 1.74. The molecular formula is C14H20O5S. The Hall–Kier alpha value is -1.53. The number of benzene rings is 1. The van der Waals surface area contributed by atoms with Gasteiger partial charge in [-0.15, -0.1) is 0 Å². The van der Waals surface area contributed by atoms with Gasteiger partial charge in [-0.3, -0.25) is 4.18 Å². The van der Waals surface area contributed by atoms with E-state index in [0.29, 0.717) is 5.75 Å². The molecule has 1 aromatic carbocycles. The quantitative estimate of drug-likeness (QED) is 0.544. The fourth-order valence-corrected chi connectivity index (χ4v) is 2.06. The van der Waals surface area contributed by atoms with E-state index in [0.717, 1.165) is 30.4 Å². The Bertz CT molecular complexity index is 549. The molecule has 0 aliphatic heterocycles. The number of ether oxygens (including phenoxy) is 2. The predicted molar refractivity (Wildman–Crippen MR) is 77.8 cm³/mol. The average molecular weight is 300 g/mol. The largest absolute Gasteiger partial charge is 0.493 e. The van der Waals surface area contributed by atoms with Crippen LogP contribution in [0.4, 0.5) is 0 Å². The van der Waals surface area contributed by atoms with Crippen LogP contribution in [0, 0.1) is 0 Å². The highest BCUT2D eigenvalue weighted by molar-refractivity contribution is 7.85. The second kappa shape index (κ2) is 7.91. The first-order chi connectivity index (χ1) is 9.48. The van der Waals surface area contributed by atoms with Crippen LogP contribution in [-0.2, 0) is 20.7 Å². The van der Waals surface area contributed by atoms with Crippen LogP contribution in [0.15, 0.2) is 30.4 Å². The molecule has 1 aromatic rings. The van der Waals surface area contributed by atoms with Gasteiger partial charge in [-0.05, 0) is 24.5 Å². The van der Waals surface area contributed by atoms with Crippen LogP contribution >= 0.6 is 0 Å². The lowest BCUT2D eigenvalue weighted by atomic mass is 10.1. The maximum absolute atomic E-state index is 10.8. The Labute approximate surface area is 120 Å². The highest BCUT2D eigenvalue weighted by Gasteiger charge is 2.08. The molecule has 0 saturated carbocycles. The molecule has 0 aliphatic carbocycles. The molecule has 0 spiro atoms. The fraction of sp³-hybridized carbons (Fsp3) is 0.429. The van der Waals surface area contributed by atoms with E-state index < -0.39 is 10.1 Å². The molecule has 0 N–H and O–H groups in total. The zero-order valence-corrected chi connectivity index (χ0v) is 12.8. The Kier molecular flexibility index (Phi) is 6.54. The first kappa shape index (κ1) is 16.5. The summed E-state index contributed by atoms with van der Waals surface area (Å²) in [5.41, 5.74) is 1.04. The summed E-state index contributed by atoms with van der Waals surface area (Å²) in [6.45, 7) is 0.0636. The molecule has 0 saturated heterocycles. The minimum atomic E-state index is -3.37. The number of hydrogen-bond donors (Lipinski definition) is 0. The van der Waals surface area contributed by atoms with E-state index in [9.17, 15) is 8.42 Å². The normalized spacial score (nSPS) is 11.8. The number of rotatable bonds is 8. The van der Waals surface area contributed by atoms with Gasteiger partial charge in [0.1, 0.15) is 0 Å². The first-order valence-corrected chi connectivity index (χ1v) is 7.99. The summed E-state index contributed by atoms with van der Waals surface area (Å²) in [6, 6.07) is 5.73. The summed E-state index contributed by atoms with van der Waals surface area (Å²) >= 11 is 0. The van der Waals surface area contributed by atoms with Gasteiger partial charge in [-0.2, -0.15) is 8.42 Å². The summed E-state index contributed by atoms with van der Waals surface area (Å²) in [5.74, 6) is 1.44. The van der Waals surface area contributed by atoms with Crippen LogP contribution in [0.2, 0.25) is 0 Å². The van der Waals surface area contributed by atoms with Crippen molar-refractivity contribution in [1.29, 1.82) is 0 Å². The summed E-state index contributed by atoms with van der Waals surface area (Å²) in [6.07, 6.45) is 6.13. The maximum atomic E-state index is 10.8. The van der Waals surface area contributed by atoms with E-state index >= 15 is 0 Å². The molecule has 0 unspecified atom stereocenters. The molecular weight excluding hydrogens is 280 g/mol. The topological polar surface area (TPSA) is 61.8 Å². The van der Waals surface area contributed by atoms with Gasteiger partial charge in [0.15, 0.2) is 11.5 Å². The van der Waals surface area contributed by atoms with E-state index in [2.05, 4.69) is 4.18 Å². The van der Waals surface area contributed by atoms with E-state index in [4.69, 9.17) is 9.47 Å². The molecule has 112 valence electrons. The lowest BCUT2D eigenvalue weighted by Crippen LogP contribution is -2.01. The minimum Gasteiger partial charge on any atom is -0.493 e. The average Bonchev–Trinajstić information content (AvgIpc) is 2.40. The predicted octanol–water partition coefficient (Wildman–Crippen LogP) is 2.17. The Morgan fingerprint density at radius 1 is 1.15 bits per heavy atom. The molecule has 6 heteroatoms. The molecule has 0 aliphatic rings. The van der Waals surface area contributed by atoms with Crippen molar-refractivity contribution in [2.45, 2.75) is 12.8 Å². The Balaban J connectivity index is 2.52. The van der Waals surface area contributed by atoms with Crippen molar-refractivity contribution in [3.05, 3.63) is 35.9 Å². The molecule has 0 radical (unpaired) electrons. The monoisotopic (exact) mass is 300 g/mol. The lowest BCUT2D eigenvalue weighted by Gasteiger charge is -2.11. The highest BCUT2D eigenvalue weighted by atomic mass is 32.2. The van der Waals surface area contributed by atoms with E-state index in [1.807, 2.05) is 24.3 Å². The minimum absolute atomic E-state index is 0.0636. The van der Waals surface area contributed by atoms with Crippen molar-refractivity contribution >= 4 is 10.1 Å². The van der Waals surface area contributed by atoms with Crippen LogP contribution in [0.5, 0.6) is 11.5 Å². The number of hydrogen-bond acceptors (Lipinski definition) is 5. The van der Waals surface area contributed by atoms with E-state index in [1.165, 1.54) is 0 Å². The number of aryl methyl sites for hydroxylation is 1. The Morgan fingerprint density at radius 2 is 1.90 bits per heavy atom. The van der Waals surface area contributed by atoms with Crippen molar-refractivity contribution in [3.63, 3.8) is 0 Å². The third-order valence-corrected chi connectivity index (χ3v) is 3.17. The standard InChI is InChI=1S/C14H20O5S/c1-17-13-10-7-9-12(14(13)18-2)8-5-4-6-11-19-20(3,15)16/h4,6-7,9-10H,5,8,11H2,1-3H3/b6-4+. The molecule has 1 rings (SSSR count). The maximum Gasteiger partial charge on any atom is 0.264 e. The third-order valence-electron chi connectivity index (χ3n) is 2.61. The number of methoxy groups -OCH3 is 2. The summed E-state index contributed by atoms with van der Waals surface area (Å²) < 4.78 is 36.7. The third kappa shape index (κ3) is 5.63. The van der Waals surface area contributed by atoms with Crippen molar-refractivity contribution in [3.8, 4) is 11.5 Å². The van der Waals surface area contributed by atoms with Gasteiger partial charge in [-0.25, -0.2) is 0 Å². The SMILES string of the molecule is COc1cccc(CC/C=C/COS(C)(=O)=O)c1OC. The molecule has 5 nitrogen and oxygen atoms in total. The first-order valence-electron chi connectivity index (χ1n) is 6.17. The van der Waals surface area contributed by atoms with Gasteiger partial charge in [0.25, 0.3) is 10.1 Å². The van der Waals surface area contributed by atoms with Gasteiger partial charge < -0.3 is 9.47 Å². The van der Waals surface area contributed by atoms with Crippen LogP contribution in [-0.4, -0.2) is 35.5 Å². The van der Waals surface area contributed by atoms with Gasteiger partial charge in [0.05, 0.1) is 27.1 Å². The lowest BCUT2D eigenvalue weighted by molar-refractivity contribution is 0.351. The van der Waals surface area contributed by atoms with Crippen LogP contribution < -0.4 is 9.47 Å². The molecule has 0 amide bonds. The van der Waals surface area contributed by atoms with Crippen LogP contribution in [0.25, 0.3) is 0 Å². The van der Waals surface area contributed by atoms with E-state index in [-0.39, 0.29) is 6.61 Å². The molecule has 0 bridgehead atoms. The van der Waals surface area contributed by atoms with Crippen molar-refractivity contribution in [2.75, 3.05) is 27.1 Å². The second-order valence-corrected chi connectivity index (χ2v) is 5.80. The molecule has 20 heavy (non-hydrogen) atoms. The number of para-hydroxylation sites is 1. The van der Waals surface area contributed by atoms with Gasteiger partial charge in [0.2, 0.25) is 0 Å². The highest BCUT2D eigenvalue weighted by Crippen LogP contribution is 2.31. The zero-order valence-electron chi connectivity index (χ0n) is 12.0. The van der Waals surface area contributed by atoms with Crippen molar-refractivity contribution in [2.24, 2.45) is 0 Å². The molecule has 0 aromatic heterocycles. The van der Waals surface area contributed by atoms with E-state index in [1.54, 1.807) is 20.3 Å². The summed E-state index contributed by atoms with van der Waals surface area (Å²) in [5, 5.41) is 0. The molecule has 0 heterocycles. The van der Waals surface area contributed by atoms with Crippen LogP contribution in [0.3, 0.4) is 0 Å². The van der Waals surface area contributed by atoms with Crippen molar-refractivity contribution in [1.82, 2.24) is 0 Å². The summed E-state index contributed by atoms with van der Waals surface area (Å²) in [4.78, 5) is 0. The van der Waals surface area contributed by atoms with Gasteiger partial charge in [-0.1, -0.05) is 24.3 Å². The molecule has 0 fully saturated rings. The number of allylic oxidation sites excluding steroid dienone is 1. The summed E-state index contributed by atoms with van der Waals surface area (Å²) in [7, 11) is -0.161. The smallest absolute Gasteiger partial charge is 0.264 e. The molecule has 0 atom stereocenters. The van der Waals surface area contributed by atoms with Gasteiger partial charge >= 0.3 is 0 Å². The van der Waals surface area contributed by atoms with Crippen LogP contribution in [0.1, 0.15) is 12.0 Å². The van der Waals surface area contributed by atoms with Gasteiger partial charge in [0, 0.05) is 0 Å². The Morgan fingerprint density at radius 3 is 2.50 bits per heavy atom.